The van der Waals surface area contributed by atoms with E-state index < -0.39 is 0 Å². The predicted molar refractivity (Wildman–Crippen MR) is 140 cm³/mol. The predicted octanol–water partition coefficient (Wildman–Crippen LogP) is 6.56. The van der Waals surface area contributed by atoms with E-state index in [0.717, 1.165) is 22.4 Å². The van der Waals surface area contributed by atoms with E-state index in [1.54, 1.807) is 27.6 Å². The monoisotopic (exact) mass is 474 g/mol. The summed E-state index contributed by atoms with van der Waals surface area (Å²) < 4.78 is 3.32. The minimum absolute atomic E-state index is 0.193. The van der Waals surface area contributed by atoms with Crippen LogP contribution < -0.4 is 5.56 Å². The van der Waals surface area contributed by atoms with Crippen molar-refractivity contribution in [3.63, 3.8) is 0 Å². The molecule has 0 N–H and O–H groups in total. The van der Waals surface area contributed by atoms with Crippen LogP contribution in [0.4, 0.5) is 0 Å². The zero-order valence-corrected chi connectivity index (χ0v) is 19.3. The molecule has 2 heterocycles. The lowest BCUT2D eigenvalue weighted by molar-refractivity contribution is 0.888. The maximum atomic E-state index is 13.8. The number of para-hydroxylation sites is 1. The molecule has 168 valence electrons. The van der Waals surface area contributed by atoms with Gasteiger partial charge in [-0.3, -0.25) is 9.36 Å². The minimum atomic E-state index is -0.193. The summed E-state index contributed by atoms with van der Waals surface area (Å²) in [4.78, 5) is 18.8. The first-order valence-electron chi connectivity index (χ1n) is 11.2. The molecule has 0 spiro atoms. The average molecular weight is 475 g/mol. The largest absolute Gasteiger partial charge is 0.269 e. The van der Waals surface area contributed by atoms with Gasteiger partial charge < -0.3 is 0 Å². The number of hydrogen-bond acceptors (Lipinski definition) is 3. The van der Waals surface area contributed by atoms with Gasteiger partial charge >= 0.3 is 0 Å². The maximum Gasteiger partial charge on any atom is 0.269 e. The third-order valence-electron chi connectivity index (χ3n) is 5.94. The van der Waals surface area contributed by atoms with Gasteiger partial charge in [0, 0.05) is 10.6 Å². The fourth-order valence-corrected chi connectivity index (χ4v) is 4.32. The van der Waals surface area contributed by atoms with Crippen molar-refractivity contribution in [1.29, 1.82) is 0 Å². The average Bonchev–Trinajstić information content (AvgIpc) is 3.35. The van der Waals surface area contributed by atoms with Crippen LogP contribution in [0.1, 0.15) is 0 Å². The van der Waals surface area contributed by atoms with Crippen LogP contribution in [-0.2, 0) is 0 Å². The van der Waals surface area contributed by atoms with Gasteiger partial charge in [-0.25, -0.2) is 9.67 Å². The molecule has 0 atom stereocenters. The highest BCUT2D eigenvalue weighted by Crippen LogP contribution is 2.27. The van der Waals surface area contributed by atoms with E-state index in [2.05, 4.69) is 17.2 Å². The highest BCUT2D eigenvalue weighted by atomic mass is 35.5. The second-order valence-corrected chi connectivity index (χ2v) is 8.56. The fourth-order valence-electron chi connectivity index (χ4n) is 4.19. The van der Waals surface area contributed by atoms with Gasteiger partial charge in [0.1, 0.15) is 11.2 Å². The van der Waals surface area contributed by atoms with Crippen LogP contribution in [-0.4, -0.2) is 19.3 Å². The lowest BCUT2D eigenvalue weighted by atomic mass is 10.0. The van der Waals surface area contributed by atoms with E-state index in [-0.39, 0.29) is 5.56 Å². The van der Waals surface area contributed by atoms with E-state index in [1.807, 2.05) is 84.9 Å². The molecule has 35 heavy (non-hydrogen) atoms. The quantitative estimate of drug-likeness (QED) is 0.291. The number of rotatable bonds is 4. The van der Waals surface area contributed by atoms with Crippen molar-refractivity contribution in [2.24, 2.45) is 0 Å². The Labute approximate surface area is 206 Å². The van der Waals surface area contributed by atoms with Crippen LogP contribution in [0.25, 0.3) is 44.9 Å². The van der Waals surface area contributed by atoms with E-state index in [0.29, 0.717) is 27.6 Å². The zero-order chi connectivity index (χ0) is 23.8. The Morgan fingerprint density at radius 3 is 1.91 bits per heavy atom. The molecule has 0 amide bonds. The van der Waals surface area contributed by atoms with Crippen LogP contribution >= 0.6 is 11.6 Å². The molecule has 0 aliphatic carbocycles. The summed E-state index contributed by atoms with van der Waals surface area (Å²) in [7, 11) is 0. The lowest BCUT2D eigenvalue weighted by Crippen LogP contribution is -2.22. The minimum Gasteiger partial charge on any atom is -0.268 e. The second-order valence-electron chi connectivity index (χ2n) is 8.12. The van der Waals surface area contributed by atoms with Crippen LogP contribution in [0.5, 0.6) is 0 Å². The van der Waals surface area contributed by atoms with E-state index in [9.17, 15) is 4.79 Å². The van der Waals surface area contributed by atoms with Crippen molar-refractivity contribution in [3.8, 4) is 33.9 Å². The van der Waals surface area contributed by atoms with Crippen molar-refractivity contribution in [3.05, 3.63) is 131 Å². The molecule has 0 unspecified atom stereocenters. The second kappa shape index (κ2) is 8.70. The van der Waals surface area contributed by atoms with Gasteiger partial charge in [0.25, 0.3) is 5.56 Å². The summed E-state index contributed by atoms with van der Waals surface area (Å²) in [6.45, 7) is 0. The van der Waals surface area contributed by atoms with Crippen LogP contribution in [0.3, 0.4) is 0 Å². The Balaban J connectivity index is 1.59. The summed E-state index contributed by atoms with van der Waals surface area (Å²) in [5.41, 5.74) is 4.87. The van der Waals surface area contributed by atoms with Crippen LogP contribution in [0, 0.1) is 0 Å². The Kier molecular flexibility index (Phi) is 5.24. The Morgan fingerprint density at radius 2 is 1.23 bits per heavy atom. The van der Waals surface area contributed by atoms with Crippen molar-refractivity contribution in [2.75, 3.05) is 0 Å². The number of nitrogens with zero attached hydrogens (tertiary/aromatic N) is 4. The number of aromatic nitrogens is 4. The van der Waals surface area contributed by atoms with Crippen LogP contribution in [0.2, 0.25) is 5.02 Å². The molecule has 2 aromatic heterocycles. The molecule has 4 aromatic carbocycles. The summed E-state index contributed by atoms with van der Waals surface area (Å²) >= 11 is 6.12. The highest BCUT2D eigenvalue weighted by molar-refractivity contribution is 6.30. The normalized spacial score (nSPS) is 11.1. The molecular formula is C29H19ClN4O. The highest BCUT2D eigenvalue weighted by Gasteiger charge is 2.18. The number of hydrogen-bond donors (Lipinski definition) is 0. The Hall–Kier alpha value is -4.48. The van der Waals surface area contributed by atoms with Crippen molar-refractivity contribution >= 4 is 22.6 Å². The van der Waals surface area contributed by atoms with E-state index in [4.69, 9.17) is 16.6 Å². The zero-order valence-electron chi connectivity index (χ0n) is 18.5. The summed E-state index contributed by atoms with van der Waals surface area (Å²) in [6.07, 6.45) is 1.58. The molecule has 0 saturated carbocycles. The molecule has 6 rings (SSSR count). The van der Waals surface area contributed by atoms with Gasteiger partial charge in [0.2, 0.25) is 0 Å². The molecule has 5 nitrogen and oxygen atoms in total. The summed E-state index contributed by atoms with van der Waals surface area (Å²) in [5, 5.41) is 5.52. The Morgan fingerprint density at radius 1 is 0.629 bits per heavy atom. The van der Waals surface area contributed by atoms with Gasteiger partial charge in [-0.05, 0) is 47.5 Å². The SMILES string of the molecule is O=c1c2cnn(-c3ccccc3)c2nc(-c2ccc(-c3ccccc3)cc2)n1-c1ccc(Cl)cc1. The number of benzene rings is 4. The van der Waals surface area contributed by atoms with Gasteiger partial charge in [-0.1, -0.05) is 84.4 Å². The van der Waals surface area contributed by atoms with Crippen molar-refractivity contribution in [2.45, 2.75) is 0 Å². The first-order valence-corrected chi connectivity index (χ1v) is 11.5. The molecule has 0 aliphatic heterocycles. The van der Waals surface area contributed by atoms with Gasteiger partial charge in [-0.2, -0.15) is 5.10 Å². The summed E-state index contributed by atoms with van der Waals surface area (Å²) in [5.74, 6) is 0.530. The fraction of sp³-hybridized carbons (Fsp3) is 0. The standard InChI is InChI=1S/C29H19ClN4O/c30-23-15-17-24(18-16-23)33-27(22-13-11-21(12-14-22)20-7-3-1-4-8-20)32-28-26(29(33)35)19-31-34(28)25-9-5-2-6-10-25/h1-19H. The third-order valence-corrected chi connectivity index (χ3v) is 6.19. The molecule has 0 radical (unpaired) electrons. The van der Waals surface area contributed by atoms with Gasteiger partial charge in [0.15, 0.2) is 5.65 Å². The Bertz CT molecular complexity index is 1690. The molecule has 6 aromatic rings. The smallest absolute Gasteiger partial charge is 0.268 e. The molecule has 0 aliphatic rings. The molecular weight excluding hydrogens is 456 g/mol. The van der Waals surface area contributed by atoms with Gasteiger partial charge in [0.05, 0.1) is 17.6 Å². The first kappa shape index (κ1) is 21.1. The molecule has 0 saturated heterocycles. The lowest BCUT2D eigenvalue weighted by Gasteiger charge is -2.14. The van der Waals surface area contributed by atoms with E-state index in [1.165, 1.54) is 0 Å². The number of fused-ring (bicyclic) bond motifs is 1. The third kappa shape index (κ3) is 3.82. The number of halogens is 1. The first-order chi connectivity index (χ1) is 17.2. The maximum absolute atomic E-state index is 13.8. The molecule has 0 bridgehead atoms. The molecule has 6 heteroatoms. The van der Waals surface area contributed by atoms with Crippen LogP contribution in [0.15, 0.2) is 120 Å². The van der Waals surface area contributed by atoms with Gasteiger partial charge in [-0.15, -0.1) is 0 Å². The van der Waals surface area contributed by atoms with E-state index >= 15 is 0 Å². The molecule has 0 fully saturated rings. The van der Waals surface area contributed by atoms with Crippen molar-refractivity contribution < 1.29 is 0 Å². The topological polar surface area (TPSA) is 52.7 Å². The summed E-state index contributed by atoms with van der Waals surface area (Å²) in [6, 6.07) is 35.1. The van der Waals surface area contributed by atoms with Crippen molar-refractivity contribution in [1.82, 2.24) is 19.3 Å².